The monoisotopic (exact) mass is 544 g/mol. The van der Waals surface area contributed by atoms with Crippen molar-refractivity contribution in [3.63, 3.8) is 0 Å². The van der Waals surface area contributed by atoms with Crippen molar-refractivity contribution in [1.29, 1.82) is 0 Å². The van der Waals surface area contributed by atoms with Gasteiger partial charge in [0.05, 0.1) is 6.54 Å². The van der Waals surface area contributed by atoms with Crippen LogP contribution in [0.4, 0.5) is 0 Å². The van der Waals surface area contributed by atoms with Gasteiger partial charge in [-0.2, -0.15) is 4.98 Å². The summed E-state index contributed by atoms with van der Waals surface area (Å²) in [5.74, 6) is 2.04. The molecule has 1 aromatic heterocycles. The lowest BCUT2D eigenvalue weighted by Crippen LogP contribution is -2.49. The highest BCUT2D eigenvalue weighted by Crippen LogP contribution is 2.29. The van der Waals surface area contributed by atoms with E-state index in [-0.39, 0.29) is 24.0 Å². The van der Waals surface area contributed by atoms with Gasteiger partial charge >= 0.3 is 0 Å². The van der Waals surface area contributed by atoms with Crippen LogP contribution >= 0.6 is 35.6 Å². The predicted octanol–water partition coefficient (Wildman–Crippen LogP) is 3.73. The molecule has 30 heavy (non-hydrogen) atoms. The van der Waals surface area contributed by atoms with E-state index in [2.05, 4.69) is 32.6 Å². The first kappa shape index (κ1) is 23.3. The zero-order valence-electron chi connectivity index (χ0n) is 17.3. The summed E-state index contributed by atoms with van der Waals surface area (Å²) in [5, 5.41) is 11.7. The molecule has 0 amide bonds. The molecule has 2 N–H and O–H groups in total. The number of aromatic nitrogens is 2. The Morgan fingerprint density at radius 2 is 1.93 bits per heavy atom. The van der Waals surface area contributed by atoms with Crippen LogP contribution in [-0.2, 0) is 6.42 Å². The molecule has 2 fully saturated rings. The molecule has 0 bridgehead atoms. The average molecular weight is 545 g/mol. The Morgan fingerprint density at radius 3 is 2.60 bits per heavy atom. The van der Waals surface area contributed by atoms with Gasteiger partial charge in [0.15, 0.2) is 5.96 Å². The zero-order valence-corrected chi connectivity index (χ0v) is 20.4. The third-order valence-corrected chi connectivity index (χ3v) is 5.70. The number of rotatable bonds is 7. The molecule has 2 aromatic rings. The van der Waals surface area contributed by atoms with Crippen LogP contribution in [0.25, 0.3) is 11.4 Å². The Bertz CT molecular complexity index is 815. The molecule has 0 spiro atoms. The molecule has 1 aliphatic carbocycles. The molecule has 2 aliphatic rings. The minimum Gasteiger partial charge on any atom is -0.357 e. The van der Waals surface area contributed by atoms with Gasteiger partial charge in [-0.25, -0.2) is 0 Å². The van der Waals surface area contributed by atoms with Crippen LogP contribution in [0.1, 0.15) is 38.5 Å². The highest BCUT2D eigenvalue weighted by atomic mass is 127. The van der Waals surface area contributed by atoms with E-state index in [1.54, 1.807) is 0 Å². The predicted molar refractivity (Wildman–Crippen MR) is 131 cm³/mol. The molecule has 2 heterocycles. The number of benzene rings is 1. The van der Waals surface area contributed by atoms with Crippen molar-refractivity contribution >= 4 is 41.5 Å². The zero-order chi connectivity index (χ0) is 20.1. The summed E-state index contributed by atoms with van der Waals surface area (Å²) in [4.78, 5) is 11.8. The van der Waals surface area contributed by atoms with Gasteiger partial charge in [-0.05, 0) is 56.9 Å². The smallest absolute Gasteiger partial charge is 0.228 e. The maximum Gasteiger partial charge on any atom is 0.228 e. The summed E-state index contributed by atoms with van der Waals surface area (Å²) in [7, 11) is 0. The molecular formula is C21H30ClIN6O. The summed E-state index contributed by atoms with van der Waals surface area (Å²) in [6, 6.07) is 8.77. The van der Waals surface area contributed by atoms with Crippen LogP contribution in [0.3, 0.4) is 0 Å². The van der Waals surface area contributed by atoms with Crippen LogP contribution in [0.2, 0.25) is 5.02 Å². The number of guanidine groups is 1. The third-order valence-electron chi connectivity index (χ3n) is 5.44. The fraction of sp³-hybridized carbons (Fsp3) is 0.571. The van der Waals surface area contributed by atoms with Gasteiger partial charge in [0.25, 0.3) is 0 Å². The van der Waals surface area contributed by atoms with E-state index in [4.69, 9.17) is 21.1 Å². The molecular weight excluding hydrogens is 515 g/mol. The largest absolute Gasteiger partial charge is 0.357 e. The quantitative estimate of drug-likeness (QED) is 0.314. The maximum absolute atomic E-state index is 5.93. The van der Waals surface area contributed by atoms with Gasteiger partial charge in [0, 0.05) is 48.7 Å². The number of piperidine rings is 1. The molecule has 4 rings (SSSR count). The van der Waals surface area contributed by atoms with Gasteiger partial charge in [-0.1, -0.05) is 16.8 Å². The summed E-state index contributed by atoms with van der Waals surface area (Å²) in [6.45, 7) is 5.91. The van der Waals surface area contributed by atoms with Crippen molar-refractivity contribution in [2.45, 2.75) is 51.1 Å². The number of halogens is 2. The fourth-order valence-electron chi connectivity index (χ4n) is 3.70. The summed E-state index contributed by atoms with van der Waals surface area (Å²) >= 11 is 5.93. The SMILES string of the molecule is CCNC(=NCCc1nc(-c2ccc(Cl)cc2)no1)NC1CCN(C2CC2)CC1.I. The first-order chi connectivity index (χ1) is 14.2. The Morgan fingerprint density at radius 1 is 1.20 bits per heavy atom. The van der Waals surface area contributed by atoms with Gasteiger partial charge in [0.2, 0.25) is 11.7 Å². The van der Waals surface area contributed by atoms with Crippen LogP contribution < -0.4 is 10.6 Å². The molecule has 9 heteroatoms. The van der Waals surface area contributed by atoms with E-state index in [9.17, 15) is 0 Å². The molecule has 164 valence electrons. The number of nitrogens with zero attached hydrogens (tertiary/aromatic N) is 4. The maximum atomic E-state index is 5.93. The van der Waals surface area contributed by atoms with Gasteiger partial charge in [0.1, 0.15) is 0 Å². The van der Waals surface area contributed by atoms with E-state index in [1.165, 1.54) is 38.8 Å². The minimum atomic E-state index is 0. The molecule has 0 unspecified atom stereocenters. The third kappa shape index (κ3) is 6.55. The van der Waals surface area contributed by atoms with Crippen LogP contribution in [0, 0.1) is 0 Å². The first-order valence-electron chi connectivity index (χ1n) is 10.6. The highest BCUT2D eigenvalue weighted by Gasteiger charge is 2.31. The van der Waals surface area contributed by atoms with Crippen molar-refractivity contribution in [2.24, 2.45) is 4.99 Å². The van der Waals surface area contributed by atoms with E-state index >= 15 is 0 Å². The summed E-state index contributed by atoms with van der Waals surface area (Å²) < 4.78 is 5.37. The fourth-order valence-corrected chi connectivity index (χ4v) is 3.82. The second-order valence-corrected chi connectivity index (χ2v) is 8.15. The van der Waals surface area contributed by atoms with E-state index in [0.717, 1.165) is 24.1 Å². The highest BCUT2D eigenvalue weighted by molar-refractivity contribution is 14.0. The molecule has 1 aromatic carbocycles. The van der Waals surface area contributed by atoms with Crippen LogP contribution in [-0.4, -0.2) is 59.3 Å². The molecule has 1 saturated heterocycles. The lowest BCUT2D eigenvalue weighted by Gasteiger charge is -2.33. The molecule has 1 saturated carbocycles. The van der Waals surface area contributed by atoms with Gasteiger partial charge in [-0.15, -0.1) is 24.0 Å². The van der Waals surface area contributed by atoms with E-state index in [1.807, 2.05) is 24.3 Å². The number of nitrogens with one attached hydrogen (secondary N) is 2. The Hall–Kier alpha value is -1.39. The second-order valence-electron chi connectivity index (χ2n) is 7.72. The molecule has 0 atom stereocenters. The average Bonchev–Trinajstić information content (AvgIpc) is 3.48. The van der Waals surface area contributed by atoms with Crippen molar-refractivity contribution < 1.29 is 4.52 Å². The Balaban J connectivity index is 0.00000256. The van der Waals surface area contributed by atoms with Crippen molar-refractivity contribution in [3.8, 4) is 11.4 Å². The number of hydrogen-bond acceptors (Lipinski definition) is 5. The topological polar surface area (TPSA) is 78.6 Å². The van der Waals surface area contributed by atoms with Gasteiger partial charge < -0.3 is 20.1 Å². The molecule has 0 radical (unpaired) electrons. The van der Waals surface area contributed by atoms with Crippen LogP contribution in [0.5, 0.6) is 0 Å². The van der Waals surface area contributed by atoms with Gasteiger partial charge in [-0.3, -0.25) is 4.99 Å². The standard InChI is InChI=1S/C21H29ClN6O.HI/c1-2-23-21(25-17-10-13-28(14-11-17)18-7-8-18)24-12-9-19-26-20(27-29-19)15-3-5-16(22)6-4-15;/h3-6,17-18H,2,7-14H2,1H3,(H2,23,24,25);1H. The van der Waals surface area contributed by atoms with E-state index in [0.29, 0.717) is 35.7 Å². The lowest BCUT2D eigenvalue weighted by atomic mass is 10.1. The van der Waals surface area contributed by atoms with Crippen LogP contribution in [0.15, 0.2) is 33.8 Å². The Kier molecular flexibility index (Phi) is 8.76. The Labute approximate surface area is 200 Å². The molecule has 7 nitrogen and oxygen atoms in total. The first-order valence-corrected chi connectivity index (χ1v) is 11.0. The summed E-state index contributed by atoms with van der Waals surface area (Å²) in [5.41, 5.74) is 0.889. The molecule has 1 aliphatic heterocycles. The number of likely N-dealkylation sites (tertiary alicyclic amines) is 1. The van der Waals surface area contributed by atoms with Crippen molar-refractivity contribution in [3.05, 3.63) is 35.2 Å². The van der Waals surface area contributed by atoms with E-state index < -0.39 is 0 Å². The second kappa shape index (κ2) is 11.3. The normalized spacial score (nSPS) is 18.1. The minimum absolute atomic E-state index is 0. The van der Waals surface area contributed by atoms with Crippen molar-refractivity contribution in [2.75, 3.05) is 26.2 Å². The number of hydrogen-bond donors (Lipinski definition) is 2. The summed E-state index contributed by atoms with van der Waals surface area (Å²) in [6.07, 6.45) is 5.73. The number of aliphatic imine (C=N–C) groups is 1. The van der Waals surface area contributed by atoms with Crippen molar-refractivity contribution in [1.82, 2.24) is 25.7 Å². The lowest BCUT2D eigenvalue weighted by molar-refractivity contribution is 0.197.